The summed E-state index contributed by atoms with van der Waals surface area (Å²) in [7, 11) is 0. The quantitative estimate of drug-likeness (QED) is 0.194. The zero-order valence-corrected chi connectivity index (χ0v) is 21.8. The van der Waals surface area contributed by atoms with Gasteiger partial charge in [-0.25, -0.2) is 4.79 Å². The third-order valence-corrected chi connectivity index (χ3v) is 5.23. The Morgan fingerprint density at radius 1 is 0.949 bits per heavy atom. The van der Waals surface area contributed by atoms with Gasteiger partial charge in [0, 0.05) is 12.6 Å². The normalized spacial score (nSPS) is 10.8. The van der Waals surface area contributed by atoms with Crippen LogP contribution in [-0.4, -0.2) is 21.5 Å². The van der Waals surface area contributed by atoms with Gasteiger partial charge in [-0.15, -0.1) is 0 Å². The van der Waals surface area contributed by atoms with Gasteiger partial charge in [0.05, 0.1) is 16.8 Å². The van der Waals surface area contributed by atoms with Gasteiger partial charge in [0.15, 0.2) is 5.82 Å². The Balaban J connectivity index is 1.65. The predicted molar refractivity (Wildman–Crippen MR) is 148 cm³/mol. The van der Waals surface area contributed by atoms with Gasteiger partial charge in [0.1, 0.15) is 28.9 Å². The van der Waals surface area contributed by atoms with Crippen molar-refractivity contribution in [2.24, 2.45) is 0 Å². The van der Waals surface area contributed by atoms with Crippen molar-refractivity contribution in [3.8, 4) is 29.5 Å². The highest BCUT2D eigenvalue weighted by molar-refractivity contribution is 5.90. The maximum absolute atomic E-state index is 12.5. The van der Waals surface area contributed by atoms with E-state index >= 15 is 0 Å². The van der Waals surface area contributed by atoms with Gasteiger partial charge in [0.2, 0.25) is 0 Å². The first kappa shape index (κ1) is 26.8. The second-order valence-electron chi connectivity index (χ2n) is 9.51. The third-order valence-electron chi connectivity index (χ3n) is 5.23. The molecule has 3 aromatic carbocycles. The number of ether oxygens (including phenoxy) is 3. The molecule has 0 spiro atoms. The molecule has 39 heavy (non-hydrogen) atoms. The molecule has 4 aromatic rings. The van der Waals surface area contributed by atoms with E-state index in [9.17, 15) is 4.79 Å². The molecule has 5 N–H and O–H groups in total. The molecule has 0 aliphatic carbocycles. The summed E-state index contributed by atoms with van der Waals surface area (Å²) >= 11 is 0. The van der Waals surface area contributed by atoms with Crippen LogP contribution in [0, 0.1) is 11.3 Å². The Hall–Kier alpha value is -5.30. The molecule has 0 amide bonds. The second kappa shape index (κ2) is 11.4. The monoisotopic (exact) mass is 524 g/mol. The summed E-state index contributed by atoms with van der Waals surface area (Å²) < 4.78 is 17.3. The fraction of sp³-hybridized carbons (Fsp3) is 0.172. The lowest BCUT2D eigenvalue weighted by molar-refractivity contribution is 0.00691. The van der Waals surface area contributed by atoms with Gasteiger partial charge < -0.3 is 31.0 Å². The molecule has 10 nitrogen and oxygen atoms in total. The van der Waals surface area contributed by atoms with Crippen LogP contribution in [0.4, 0.5) is 17.2 Å². The molecule has 0 unspecified atom stereocenters. The Bertz CT molecular complexity index is 1530. The highest BCUT2D eigenvalue weighted by Crippen LogP contribution is 2.34. The minimum Gasteiger partial charge on any atom is -0.456 e. The number of hydrogen-bond acceptors (Lipinski definition) is 10. The lowest BCUT2D eigenvalue weighted by atomic mass is 10.1. The topological polar surface area (TPSA) is 158 Å². The number of nitrogens with zero attached hydrogens (tertiary/aromatic N) is 3. The smallest absolute Gasteiger partial charge is 0.338 e. The van der Waals surface area contributed by atoms with E-state index in [2.05, 4.69) is 15.3 Å². The van der Waals surface area contributed by atoms with Gasteiger partial charge >= 0.3 is 12.0 Å². The Labute approximate surface area is 226 Å². The van der Waals surface area contributed by atoms with Gasteiger partial charge in [0.25, 0.3) is 5.88 Å². The van der Waals surface area contributed by atoms with Crippen molar-refractivity contribution in [3.05, 3.63) is 89.5 Å². The van der Waals surface area contributed by atoms with E-state index in [0.717, 1.165) is 5.56 Å². The van der Waals surface area contributed by atoms with Gasteiger partial charge in [-0.3, -0.25) is 0 Å². The zero-order chi connectivity index (χ0) is 28.0. The summed E-state index contributed by atoms with van der Waals surface area (Å²) in [6.07, 6.45) is 0. The summed E-state index contributed by atoms with van der Waals surface area (Å²) in [4.78, 5) is 21.3. The average molecular weight is 525 g/mol. The standard InChI is InChI=1S/C29H28N6O4/c1-29(2,3)39-27(36)19-10-7-11-21(14-19)38-28-34-25(33-17-18-8-5-4-6-9-18)24(32)26(35-28)37-22-13-12-20(16-30)23(31)15-22/h4-15H,17,31-32H2,1-3H3,(H,33,34,35). The molecule has 0 aliphatic heterocycles. The number of nitrogens with one attached hydrogen (secondary N) is 1. The molecule has 0 bridgehead atoms. The highest BCUT2D eigenvalue weighted by atomic mass is 16.6. The lowest BCUT2D eigenvalue weighted by Crippen LogP contribution is -2.23. The minimum absolute atomic E-state index is 0.0166. The van der Waals surface area contributed by atoms with Crippen LogP contribution in [0.3, 0.4) is 0 Å². The van der Waals surface area contributed by atoms with E-state index in [4.69, 9.17) is 30.9 Å². The average Bonchev–Trinajstić information content (AvgIpc) is 2.89. The van der Waals surface area contributed by atoms with Crippen molar-refractivity contribution in [1.82, 2.24) is 9.97 Å². The molecule has 0 fully saturated rings. The van der Waals surface area contributed by atoms with E-state index in [-0.39, 0.29) is 29.1 Å². The van der Waals surface area contributed by atoms with Crippen molar-refractivity contribution < 1.29 is 19.0 Å². The number of rotatable bonds is 8. The Kier molecular flexibility index (Phi) is 7.82. The highest BCUT2D eigenvalue weighted by Gasteiger charge is 2.20. The molecule has 0 saturated carbocycles. The van der Waals surface area contributed by atoms with Crippen LogP contribution in [0.2, 0.25) is 0 Å². The third kappa shape index (κ3) is 7.14. The molecular formula is C29H28N6O4. The van der Waals surface area contributed by atoms with E-state index in [1.165, 1.54) is 18.2 Å². The first-order valence-corrected chi connectivity index (χ1v) is 12.1. The van der Waals surface area contributed by atoms with Gasteiger partial charge in [-0.05, 0) is 56.7 Å². The zero-order valence-electron chi connectivity index (χ0n) is 21.8. The fourth-order valence-electron chi connectivity index (χ4n) is 3.42. The maximum atomic E-state index is 12.5. The van der Waals surface area contributed by atoms with Crippen molar-refractivity contribution in [2.45, 2.75) is 32.9 Å². The van der Waals surface area contributed by atoms with Crippen LogP contribution in [0.25, 0.3) is 0 Å². The predicted octanol–water partition coefficient (Wildman–Crippen LogP) is 5.66. The van der Waals surface area contributed by atoms with Crippen molar-refractivity contribution >= 4 is 23.2 Å². The molecule has 0 saturated heterocycles. The first-order valence-electron chi connectivity index (χ1n) is 12.1. The summed E-state index contributed by atoms with van der Waals surface area (Å²) in [6, 6.07) is 22.7. The van der Waals surface area contributed by atoms with Crippen LogP contribution in [0.15, 0.2) is 72.8 Å². The first-order chi connectivity index (χ1) is 18.6. The van der Waals surface area contributed by atoms with Crippen LogP contribution in [-0.2, 0) is 11.3 Å². The molecule has 0 aliphatic rings. The van der Waals surface area contributed by atoms with Crippen LogP contribution in [0.1, 0.15) is 42.3 Å². The number of hydrogen-bond donors (Lipinski definition) is 3. The largest absolute Gasteiger partial charge is 0.456 e. The molecule has 4 rings (SSSR count). The maximum Gasteiger partial charge on any atom is 0.338 e. The number of benzene rings is 3. The lowest BCUT2D eigenvalue weighted by Gasteiger charge is -2.19. The van der Waals surface area contributed by atoms with E-state index < -0.39 is 11.6 Å². The second-order valence-corrected chi connectivity index (χ2v) is 9.51. The Morgan fingerprint density at radius 3 is 2.38 bits per heavy atom. The number of esters is 1. The summed E-state index contributed by atoms with van der Waals surface area (Å²) in [5.41, 5.74) is 13.7. The molecule has 10 heteroatoms. The van der Waals surface area contributed by atoms with E-state index in [1.807, 2.05) is 36.4 Å². The van der Waals surface area contributed by atoms with E-state index in [0.29, 0.717) is 29.2 Å². The Morgan fingerprint density at radius 2 is 1.69 bits per heavy atom. The molecule has 1 heterocycles. The van der Waals surface area contributed by atoms with Crippen LogP contribution in [0.5, 0.6) is 23.4 Å². The summed E-state index contributed by atoms with van der Waals surface area (Å²) in [5.74, 6) is 0.444. The van der Waals surface area contributed by atoms with Crippen molar-refractivity contribution in [3.63, 3.8) is 0 Å². The van der Waals surface area contributed by atoms with E-state index in [1.54, 1.807) is 45.0 Å². The number of carbonyl (C=O) groups excluding carboxylic acids is 1. The number of aromatic nitrogens is 2. The molecule has 0 atom stereocenters. The fourth-order valence-corrected chi connectivity index (χ4v) is 3.42. The van der Waals surface area contributed by atoms with Crippen LogP contribution >= 0.6 is 0 Å². The SMILES string of the molecule is CC(C)(C)OC(=O)c1cccc(Oc2nc(NCc3ccccc3)c(N)c(Oc3ccc(C#N)c(N)c3)n2)c1. The van der Waals surface area contributed by atoms with Crippen LogP contribution < -0.4 is 26.3 Å². The number of nitrogen functional groups attached to an aromatic ring is 2. The summed E-state index contributed by atoms with van der Waals surface area (Å²) in [6.45, 7) is 5.81. The molecule has 198 valence electrons. The number of nitrogens with two attached hydrogens (primary N) is 2. The van der Waals surface area contributed by atoms with Crippen molar-refractivity contribution in [2.75, 3.05) is 16.8 Å². The minimum atomic E-state index is -0.644. The summed E-state index contributed by atoms with van der Waals surface area (Å²) in [5, 5.41) is 12.3. The van der Waals surface area contributed by atoms with Crippen molar-refractivity contribution in [1.29, 1.82) is 5.26 Å². The van der Waals surface area contributed by atoms with Gasteiger partial charge in [-0.2, -0.15) is 15.2 Å². The number of carbonyl (C=O) groups is 1. The molecule has 0 radical (unpaired) electrons. The molecular weight excluding hydrogens is 496 g/mol. The number of anilines is 3. The number of nitriles is 1. The molecule has 1 aromatic heterocycles. The van der Waals surface area contributed by atoms with Gasteiger partial charge in [-0.1, -0.05) is 36.4 Å².